The smallest absolute Gasteiger partial charge is 0.336 e. The molecule has 0 saturated carbocycles. The first-order valence-corrected chi connectivity index (χ1v) is 9.14. The summed E-state index contributed by atoms with van der Waals surface area (Å²) in [5.41, 5.74) is 2.47. The van der Waals surface area contributed by atoms with Gasteiger partial charge < -0.3 is 5.11 Å². The monoisotopic (exact) mass is 397 g/mol. The van der Waals surface area contributed by atoms with E-state index in [-0.39, 0.29) is 5.56 Å². The van der Waals surface area contributed by atoms with E-state index >= 15 is 0 Å². The van der Waals surface area contributed by atoms with Gasteiger partial charge in [0.15, 0.2) is 0 Å². The third-order valence-electron chi connectivity index (χ3n) is 4.44. The number of benzene rings is 2. The number of carbonyl (C=O) groups is 1. The van der Waals surface area contributed by atoms with Gasteiger partial charge in [0.05, 0.1) is 12.1 Å². The normalized spacial score (nSPS) is 11.9. The number of hydrogen-bond acceptors (Lipinski definition) is 3. The molecule has 1 N–H and O–H groups in total. The van der Waals surface area contributed by atoms with Crippen LogP contribution >= 0.6 is 0 Å². The molecule has 0 aliphatic carbocycles. The number of carboxylic acids is 1. The first kappa shape index (κ1) is 20.4. The second-order valence-corrected chi connectivity index (χ2v) is 6.72. The molecule has 0 spiro atoms. The fourth-order valence-electron chi connectivity index (χ4n) is 2.95. The van der Waals surface area contributed by atoms with E-state index in [4.69, 9.17) is 0 Å². The summed E-state index contributed by atoms with van der Waals surface area (Å²) in [5, 5.41) is 13.3. The van der Waals surface area contributed by atoms with E-state index in [0.29, 0.717) is 24.4 Å². The van der Waals surface area contributed by atoms with Crippen LogP contribution in [0, 0.1) is 0 Å². The zero-order chi connectivity index (χ0) is 21.0. The molecule has 3 aromatic rings. The third kappa shape index (κ3) is 4.74. The lowest BCUT2D eigenvalue weighted by molar-refractivity contribution is 0.00756. The van der Waals surface area contributed by atoms with E-state index in [9.17, 15) is 18.7 Å². The standard InChI is InChI=1S/C22H21F2N3O2/c1-3-4-13-27-19(25-21(26-27)22(2,23)24)14-15-9-11-16(12-10-15)17-7-5-6-8-18(17)20(28)29/h3-12H,13-14H2,1-2H3,(H,28,29)/b4-3+. The highest BCUT2D eigenvalue weighted by atomic mass is 19.3. The van der Waals surface area contributed by atoms with Crippen LogP contribution in [0.3, 0.4) is 0 Å². The van der Waals surface area contributed by atoms with E-state index in [2.05, 4.69) is 10.1 Å². The summed E-state index contributed by atoms with van der Waals surface area (Å²) >= 11 is 0. The summed E-state index contributed by atoms with van der Waals surface area (Å²) in [4.78, 5) is 15.5. The molecular weight excluding hydrogens is 376 g/mol. The molecule has 0 amide bonds. The number of halogens is 2. The van der Waals surface area contributed by atoms with Gasteiger partial charge in [-0.25, -0.2) is 14.5 Å². The molecule has 3 rings (SSSR count). The Bertz CT molecular complexity index is 1030. The van der Waals surface area contributed by atoms with Gasteiger partial charge in [-0.05, 0) is 29.7 Å². The molecular formula is C22H21F2N3O2. The minimum atomic E-state index is -3.11. The Labute approximate surface area is 167 Å². The predicted molar refractivity (Wildman–Crippen MR) is 106 cm³/mol. The highest BCUT2D eigenvalue weighted by molar-refractivity contribution is 5.95. The van der Waals surface area contributed by atoms with E-state index in [1.807, 2.05) is 43.3 Å². The Morgan fingerprint density at radius 1 is 1.17 bits per heavy atom. The molecule has 29 heavy (non-hydrogen) atoms. The summed E-state index contributed by atoms with van der Waals surface area (Å²) in [6, 6.07) is 14.1. The number of aromatic nitrogens is 3. The average molecular weight is 397 g/mol. The Balaban J connectivity index is 1.89. The molecule has 0 saturated heterocycles. The van der Waals surface area contributed by atoms with Crippen molar-refractivity contribution in [3.8, 4) is 11.1 Å². The summed E-state index contributed by atoms with van der Waals surface area (Å²) < 4.78 is 28.8. The maximum atomic E-state index is 13.6. The van der Waals surface area contributed by atoms with Gasteiger partial charge in [-0.2, -0.15) is 8.78 Å². The summed E-state index contributed by atoms with van der Waals surface area (Å²) in [7, 11) is 0. The first-order valence-electron chi connectivity index (χ1n) is 9.14. The van der Waals surface area contributed by atoms with Crippen LogP contribution < -0.4 is 0 Å². The van der Waals surface area contributed by atoms with Crippen molar-refractivity contribution in [2.24, 2.45) is 0 Å². The van der Waals surface area contributed by atoms with Gasteiger partial charge >= 0.3 is 11.9 Å². The Kier molecular flexibility index (Phi) is 5.87. The molecule has 0 aliphatic heterocycles. The van der Waals surface area contributed by atoms with Crippen molar-refractivity contribution < 1.29 is 18.7 Å². The van der Waals surface area contributed by atoms with E-state index in [1.165, 1.54) is 4.68 Å². The average Bonchev–Trinajstić information content (AvgIpc) is 3.10. The lowest BCUT2D eigenvalue weighted by Gasteiger charge is -2.08. The van der Waals surface area contributed by atoms with Crippen LogP contribution in [-0.4, -0.2) is 25.8 Å². The highest BCUT2D eigenvalue weighted by Crippen LogP contribution is 2.26. The van der Waals surface area contributed by atoms with E-state index in [0.717, 1.165) is 18.1 Å². The number of hydrogen-bond donors (Lipinski definition) is 1. The van der Waals surface area contributed by atoms with Crippen molar-refractivity contribution in [3.05, 3.63) is 83.5 Å². The van der Waals surface area contributed by atoms with Crippen LogP contribution in [-0.2, 0) is 18.9 Å². The SMILES string of the molecule is C/C=C/Cn1nc(C(C)(F)F)nc1Cc1ccc(-c2ccccc2C(=O)O)cc1. The van der Waals surface area contributed by atoms with Crippen molar-refractivity contribution in [2.75, 3.05) is 0 Å². The fourth-order valence-corrected chi connectivity index (χ4v) is 2.95. The number of rotatable bonds is 7. The van der Waals surface area contributed by atoms with E-state index in [1.54, 1.807) is 24.3 Å². The molecule has 1 heterocycles. The van der Waals surface area contributed by atoms with Crippen LogP contribution in [0.1, 0.15) is 41.4 Å². The van der Waals surface area contributed by atoms with Gasteiger partial charge in [-0.1, -0.05) is 54.6 Å². The molecule has 1 aromatic heterocycles. The number of allylic oxidation sites excluding steroid dienone is 2. The molecule has 7 heteroatoms. The molecule has 0 bridgehead atoms. The van der Waals surface area contributed by atoms with Crippen molar-refractivity contribution in [1.82, 2.24) is 14.8 Å². The molecule has 2 aromatic carbocycles. The number of carboxylic acid groups (broad SMARTS) is 1. The number of aromatic carboxylic acids is 1. The molecule has 0 radical (unpaired) electrons. The zero-order valence-corrected chi connectivity index (χ0v) is 16.1. The van der Waals surface area contributed by atoms with Crippen LogP contribution in [0.5, 0.6) is 0 Å². The summed E-state index contributed by atoms with van der Waals surface area (Å²) in [5.74, 6) is -4.16. The molecule has 150 valence electrons. The van der Waals surface area contributed by atoms with Crippen molar-refractivity contribution in [3.63, 3.8) is 0 Å². The topological polar surface area (TPSA) is 68.0 Å². The molecule has 0 unspecified atom stereocenters. The molecule has 0 aliphatic rings. The fraction of sp³-hybridized carbons (Fsp3) is 0.227. The van der Waals surface area contributed by atoms with Gasteiger partial charge in [-0.3, -0.25) is 0 Å². The lowest BCUT2D eigenvalue weighted by atomic mass is 9.98. The quantitative estimate of drug-likeness (QED) is 0.575. The van der Waals surface area contributed by atoms with Crippen molar-refractivity contribution in [1.29, 1.82) is 0 Å². The molecule has 0 atom stereocenters. The number of nitrogens with zero attached hydrogens (tertiary/aromatic N) is 3. The van der Waals surface area contributed by atoms with Gasteiger partial charge in [-0.15, -0.1) is 5.10 Å². The minimum Gasteiger partial charge on any atom is -0.478 e. The van der Waals surface area contributed by atoms with Gasteiger partial charge in [0.2, 0.25) is 5.82 Å². The van der Waals surface area contributed by atoms with Gasteiger partial charge in [0.25, 0.3) is 0 Å². The molecule has 5 nitrogen and oxygen atoms in total. The van der Waals surface area contributed by atoms with Gasteiger partial charge in [0.1, 0.15) is 5.82 Å². The Morgan fingerprint density at radius 3 is 2.48 bits per heavy atom. The van der Waals surface area contributed by atoms with Crippen LogP contribution in [0.15, 0.2) is 60.7 Å². The van der Waals surface area contributed by atoms with Crippen molar-refractivity contribution >= 4 is 5.97 Å². The van der Waals surface area contributed by atoms with E-state index < -0.39 is 17.7 Å². The highest BCUT2D eigenvalue weighted by Gasteiger charge is 2.31. The Morgan fingerprint density at radius 2 is 1.86 bits per heavy atom. The van der Waals surface area contributed by atoms with Crippen LogP contribution in [0.4, 0.5) is 8.78 Å². The predicted octanol–water partition coefficient (Wildman–Crippen LogP) is 4.92. The Hall–Kier alpha value is -3.35. The number of alkyl halides is 2. The lowest BCUT2D eigenvalue weighted by Crippen LogP contribution is -2.10. The largest absolute Gasteiger partial charge is 0.478 e. The minimum absolute atomic E-state index is 0.223. The zero-order valence-electron chi connectivity index (χ0n) is 16.1. The summed E-state index contributed by atoms with van der Waals surface area (Å²) in [6.07, 6.45) is 3.98. The van der Waals surface area contributed by atoms with Gasteiger partial charge in [0, 0.05) is 13.3 Å². The maximum Gasteiger partial charge on any atom is 0.336 e. The second-order valence-electron chi connectivity index (χ2n) is 6.72. The summed E-state index contributed by atoms with van der Waals surface area (Å²) in [6.45, 7) is 2.99. The van der Waals surface area contributed by atoms with Crippen molar-refractivity contribution in [2.45, 2.75) is 32.7 Å². The second kappa shape index (κ2) is 8.34. The third-order valence-corrected chi connectivity index (χ3v) is 4.44. The van der Waals surface area contributed by atoms with Crippen LogP contribution in [0.2, 0.25) is 0 Å². The first-order chi connectivity index (χ1) is 13.8. The van der Waals surface area contributed by atoms with Crippen LogP contribution in [0.25, 0.3) is 11.1 Å². The molecule has 0 fully saturated rings. The maximum absolute atomic E-state index is 13.6.